The molecule has 0 aliphatic rings. The maximum atomic E-state index is 12.8. The average molecular weight is 449 g/mol. The van der Waals surface area contributed by atoms with Gasteiger partial charge >= 0.3 is 0 Å². The molecule has 0 unspecified atom stereocenters. The summed E-state index contributed by atoms with van der Waals surface area (Å²) < 4.78 is 26.8. The van der Waals surface area contributed by atoms with E-state index < -0.39 is 15.9 Å². The number of carbonyl (C=O) groups excluding carboxylic acids is 1. The normalized spacial score (nSPS) is 11.4. The van der Waals surface area contributed by atoms with Crippen molar-refractivity contribution in [2.75, 3.05) is 12.4 Å². The quantitative estimate of drug-likeness (QED) is 0.572. The van der Waals surface area contributed by atoms with Gasteiger partial charge in [-0.15, -0.1) is 0 Å². The van der Waals surface area contributed by atoms with Gasteiger partial charge in [-0.05, 0) is 48.0 Å². The number of hydrogen-bond donors (Lipinski definition) is 1. The number of carbonyl (C=O) groups is 1. The maximum absolute atomic E-state index is 12.8. The second-order valence-electron chi connectivity index (χ2n) is 6.38. The van der Waals surface area contributed by atoms with Crippen LogP contribution in [0.1, 0.15) is 15.9 Å². The van der Waals surface area contributed by atoms with Gasteiger partial charge in [0.2, 0.25) is 10.0 Å². The Hall–Kier alpha value is -2.38. The lowest BCUT2D eigenvalue weighted by Crippen LogP contribution is -2.26. The largest absolute Gasteiger partial charge is 0.322 e. The van der Waals surface area contributed by atoms with Gasteiger partial charge in [-0.25, -0.2) is 8.42 Å². The van der Waals surface area contributed by atoms with Crippen molar-refractivity contribution in [1.29, 1.82) is 0 Å². The molecule has 0 heterocycles. The summed E-state index contributed by atoms with van der Waals surface area (Å²) in [5.41, 5.74) is 1.65. The molecule has 0 atom stereocenters. The number of benzene rings is 3. The van der Waals surface area contributed by atoms with Gasteiger partial charge in [0.15, 0.2) is 0 Å². The van der Waals surface area contributed by atoms with Crippen molar-refractivity contribution in [3.05, 3.63) is 94.0 Å². The first-order valence-electron chi connectivity index (χ1n) is 8.63. The van der Waals surface area contributed by atoms with Gasteiger partial charge in [0.1, 0.15) is 0 Å². The third kappa shape index (κ3) is 5.36. The predicted octanol–water partition coefficient (Wildman–Crippen LogP) is 5.07. The first kappa shape index (κ1) is 21.3. The molecule has 1 N–H and O–H groups in total. The zero-order chi connectivity index (χ0) is 21.0. The molecule has 150 valence electrons. The lowest BCUT2D eigenvalue weighted by molar-refractivity contribution is 0.102. The van der Waals surface area contributed by atoms with E-state index in [0.29, 0.717) is 21.3 Å². The number of anilines is 1. The van der Waals surface area contributed by atoms with Gasteiger partial charge in [-0.1, -0.05) is 53.5 Å². The van der Waals surface area contributed by atoms with Crippen molar-refractivity contribution in [2.24, 2.45) is 0 Å². The molecular formula is C21H18Cl2N2O3S. The van der Waals surface area contributed by atoms with Gasteiger partial charge in [-0.2, -0.15) is 4.31 Å². The van der Waals surface area contributed by atoms with Crippen LogP contribution in [0, 0.1) is 0 Å². The number of halogens is 2. The van der Waals surface area contributed by atoms with Crippen LogP contribution >= 0.6 is 23.2 Å². The number of nitrogens with one attached hydrogen (secondary N) is 1. The second kappa shape index (κ2) is 8.97. The molecule has 0 fully saturated rings. The lowest BCUT2D eigenvalue weighted by atomic mass is 10.2. The number of amides is 1. The summed E-state index contributed by atoms with van der Waals surface area (Å²) in [6.07, 6.45) is 0. The van der Waals surface area contributed by atoms with E-state index >= 15 is 0 Å². The highest BCUT2D eigenvalue weighted by Gasteiger charge is 2.21. The fraction of sp³-hybridized carbons (Fsp3) is 0.0952. The summed E-state index contributed by atoms with van der Waals surface area (Å²) in [5, 5.41) is 3.40. The molecule has 0 radical (unpaired) electrons. The molecule has 0 aromatic heterocycles. The van der Waals surface area contributed by atoms with Crippen LogP contribution in [0.2, 0.25) is 10.0 Å². The summed E-state index contributed by atoms with van der Waals surface area (Å²) in [6.45, 7) is 0.261. The van der Waals surface area contributed by atoms with Crippen LogP contribution in [0.4, 0.5) is 5.69 Å². The van der Waals surface area contributed by atoms with Gasteiger partial charge in [-0.3, -0.25) is 4.79 Å². The highest BCUT2D eigenvalue weighted by Crippen LogP contribution is 2.22. The minimum Gasteiger partial charge on any atom is -0.322 e. The Morgan fingerprint density at radius 1 is 0.931 bits per heavy atom. The highest BCUT2D eigenvalue weighted by atomic mass is 35.5. The average Bonchev–Trinajstić information content (AvgIpc) is 2.68. The number of nitrogens with zero attached hydrogens (tertiary/aromatic N) is 1. The van der Waals surface area contributed by atoms with E-state index in [2.05, 4.69) is 5.32 Å². The van der Waals surface area contributed by atoms with Gasteiger partial charge < -0.3 is 5.32 Å². The van der Waals surface area contributed by atoms with Crippen LogP contribution in [0.15, 0.2) is 77.7 Å². The molecule has 5 nitrogen and oxygen atoms in total. The van der Waals surface area contributed by atoms with Crippen LogP contribution < -0.4 is 5.32 Å². The first-order valence-corrected chi connectivity index (χ1v) is 10.8. The molecule has 3 aromatic rings. The Morgan fingerprint density at radius 2 is 1.52 bits per heavy atom. The standard InChI is InChI=1S/C21H18Cl2N2O3S/c1-25(14-15-5-3-2-4-6-15)29(27,28)20-9-7-19(8-10-20)24-21(26)16-11-17(22)13-18(23)12-16/h2-13H,14H2,1H3,(H,24,26). The number of sulfonamides is 1. The molecule has 8 heteroatoms. The zero-order valence-corrected chi connectivity index (χ0v) is 17.8. The molecular weight excluding hydrogens is 431 g/mol. The fourth-order valence-corrected chi connectivity index (χ4v) is 4.39. The van der Waals surface area contributed by atoms with Crippen molar-refractivity contribution < 1.29 is 13.2 Å². The highest BCUT2D eigenvalue weighted by molar-refractivity contribution is 7.89. The van der Waals surface area contributed by atoms with Crippen molar-refractivity contribution >= 4 is 44.8 Å². The Morgan fingerprint density at radius 3 is 2.10 bits per heavy atom. The summed E-state index contributed by atoms with van der Waals surface area (Å²) in [6, 6.07) is 19.9. The van der Waals surface area contributed by atoms with E-state index in [1.165, 1.54) is 53.8 Å². The molecule has 3 rings (SSSR count). The fourth-order valence-electron chi connectivity index (χ4n) is 2.70. The lowest BCUT2D eigenvalue weighted by Gasteiger charge is -2.17. The molecule has 0 spiro atoms. The van der Waals surface area contributed by atoms with E-state index in [9.17, 15) is 13.2 Å². The third-order valence-corrected chi connectivity index (χ3v) is 6.45. The van der Waals surface area contributed by atoms with Crippen LogP contribution in [-0.2, 0) is 16.6 Å². The minimum absolute atomic E-state index is 0.139. The van der Waals surface area contributed by atoms with E-state index in [-0.39, 0.29) is 11.4 Å². The smallest absolute Gasteiger partial charge is 0.255 e. The van der Waals surface area contributed by atoms with Crippen LogP contribution in [-0.4, -0.2) is 25.7 Å². The number of rotatable bonds is 6. The van der Waals surface area contributed by atoms with E-state index in [1.807, 2.05) is 30.3 Å². The van der Waals surface area contributed by atoms with Crippen LogP contribution in [0.3, 0.4) is 0 Å². The predicted molar refractivity (Wildman–Crippen MR) is 116 cm³/mol. The Labute approximate surface area is 179 Å². The van der Waals surface area contributed by atoms with Crippen molar-refractivity contribution in [2.45, 2.75) is 11.4 Å². The first-order chi connectivity index (χ1) is 13.8. The molecule has 1 amide bonds. The molecule has 0 saturated heterocycles. The van der Waals surface area contributed by atoms with E-state index in [0.717, 1.165) is 5.56 Å². The summed E-state index contributed by atoms with van der Waals surface area (Å²) in [7, 11) is -2.13. The van der Waals surface area contributed by atoms with Gasteiger partial charge in [0, 0.05) is 34.9 Å². The SMILES string of the molecule is CN(Cc1ccccc1)S(=O)(=O)c1ccc(NC(=O)c2cc(Cl)cc(Cl)c2)cc1. The van der Waals surface area contributed by atoms with Crippen molar-refractivity contribution in [3.63, 3.8) is 0 Å². The summed E-state index contributed by atoms with van der Waals surface area (Å²) in [5.74, 6) is -0.397. The second-order valence-corrected chi connectivity index (χ2v) is 9.30. The van der Waals surface area contributed by atoms with Crippen LogP contribution in [0.25, 0.3) is 0 Å². The van der Waals surface area contributed by atoms with Crippen molar-refractivity contribution in [1.82, 2.24) is 4.31 Å². The third-order valence-electron chi connectivity index (χ3n) is 4.19. The Kier molecular flexibility index (Phi) is 6.59. The molecule has 29 heavy (non-hydrogen) atoms. The van der Waals surface area contributed by atoms with Crippen LogP contribution in [0.5, 0.6) is 0 Å². The minimum atomic E-state index is -3.66. The van der Waals surface area contributed by atoms with Gasteiger partial charge in [0.05, 0.1) is 4.90 Å². The number of hydrogen-bond acceptors (Lipinski definition) is 3. The monoisotopic (exact) mass is 448 g/mol. The molecule has 0 aliphatic heterocycles. The Balaban J connectivity index is 1.72. The maximum Gasteiger partial charge on any atom is 0.255 e. The molecule has 0 saturated carbocycles. The summed E-state index contributed by atoms with van der Waals surface area (Å²) in [4.78, 5) is 12.5. The van der Waals surface area contributed by atoms with Crippen molar-refractivity contribution in [3.8, 4) is 0 Å². The zero-order valence-electron chi connectivity index (χ0n) is 15.5. The van der Waals surface area contributed by atoms with E-state index in [1.54, 1.807) is 0 Å². The van der Waals surface area contributed by atoms with Gasteiger partial charge in [0.25, 0.3) is 5.91 Å². The topological polar surface area (TPSA) is 66.5 Å². The molecule has 3 aromatic carbocycles. The Bertz CT molecular complexity index is 1100. The summed E-state index contributed by atoms with van der Waals surface area (Å²) >= 11 is 11.8. The van der Waals surface area contributed by atoms with E-state index in [4.69, 9.17) is 23.2 Å². The molecule has 0 bridgehead atoms. The molecule has 0 aliphatic carbocycles.